The molecule has 3 rings (SSSR count). The summed E-state index contributed by atoms with van der Waals surface area (Å²) in [5.74, 6) is 0. The van der Waals surface area contributed by atoms with E-state index in [2.05, 4.69) is 71.9 Å². The molecule has 0 amide bonds. The van der Waals surface area contributed by atoms with Crippen molar-refractivity contribution in [2.75, 3.05) is 46.8 Å². The summed E-state index contributed by atoms with van der Waals surface area (Å²) in [5.41, 5.74) is 6.96. The number of aryl methyl sites for hydroxylation is 1. The highest BCUT2D eigenvalue weighted by atomic mass is 15.2. The Balaban J connectivity index is 1.62. The zero-order valence-corrected chi connectivity index (χ0v) is 17.4. The predicted octanol–water partition coefficient (Wildman–Crippen LogP) is 3.12. The van der Waals surface area contributed by atoms with Gasteiger partial charge < -0.3 is 9.80 Å². The number of nitrogens with zero attached hydrogens (tertiary/aromatic N) is 4. The van der Waals surface area contributed by atoms with Gasteiger partial charge in [0.1, 0.15) is 0 Å². The molecule has 0 spiro atoms. The van der Waals surface area contributed by atoms with Crippen molar-refractivity contribution in [3.05, 3.63) is 64.5 Å². The Morgan fingerprint density at radius 1 is 1.04 bits per heavy atom. The highest BCUT2D eigenvalue weighted by molar-refractivity contribution is 5.38. The molecule has 1 fully saturated rings. The van der Waals surface area contributed by atoms with Crippen LogP contribution in [-0.2, 0) is 19.5 Å². The number of hydrogen-bond donors (Lipinski definition) is 0. The molecule has 0 aliphatic carbocycles. The Labute approximate surface area is 164 Å². The minimum atomic E-state index is 0.996. The van der Waals surface area contributed by atoms with Crippen molar-refractivity contribution >= 4 is 0 Å². The monoisotopic (exact) mass is 366 g/mol. The number of benzene rings is 1. The van der Waals surface area contributed by atoms with Gasteiger partial charge in [-0.3, -0.25) is 9.88 Å². The first-order chi connectivity index (χ1) is 13.0. The summed E-state index contributed by atoms with van der Waals surface area (Å²) in [6.07, 6.45) is 2.88. The molecule has 2 heterocycles. The summed E-state index contributed by atoms with van der Waals surface area (Å²) in [4.78, 5) is 11.9. The van der Waals surface area contributed by atoms with Crippen LogP contribution in [-0.4, -0.2) is 66.5 Å². The summed E-state index contributed by atoms with van der Waals surface area (Å²) in [6.45, 7) is 12.3. The largest absolute Gasteiger partial charge is 0.304 e. The minimum absolute atomic E-state index is 0.996. The molecule has 0 atom stereocenters. The van der Waals surface area contributed by atoms with Crippen LogP contribution in [0.25, 0.3) is 0 Å². The lowest BCUT2D eigenvalue weighted by Crippen LogP contribution is -2.44. The molecule has 0 bridgehead atoms. The van der Waals surface area contributed by atoms with Gasteiger partial charge in [-0.2, -0.15) is 0 Å². The molecule has 0 saturated carbocycles. The maximum atomic E-state index is 4.44. The zero-order chi connectivity index (χ0) is 19.2. The molecule has 1 saturated heterocycles. The lowest BCUT2D eigenvalue weighted by Gasteiger charge is -2.33. The van der Waals surface area contributed by atoms with E-state index in [1.165, 1.54) is 54.1 Å². The van der Waals surface area contributed by atoms with Crippen molar-refractivity contribution in [2.45, 2.75) is 33.4 Å². The summed E-state index contributed by atoms with van der Waals surface area (Å²) in [7, 11) is 4.43. The molecule has 4 heteroatoms. The van der Waals surface area contributed by atoms with Crippen LogP contribution < -0.4 is 0 Å². The Hall–Kier alpha value is -1.75. The summed E-state index contributed by atoms with van der Waals surface area (Å²) >= 11 is 0. The van der Waals surface area contributed by atoms with E-state index in [0.29, 0.717) is 0 Å². The molecule has 0 radical (unpaired) electrons. The van der Waals surface area contributed by atoms with Crippen LogP contribution in [0.3, 0.4) is 0 Å². The maximum absolute atomic E-state index is 4.44. The van der Waals surface area contributed by atoms with E-state index in [1.807, 2.05) is 12.3 Å². The van der Waals surface area contributed by atoms with Gasteiger partial charge in [0, 0.05) is 64.1 Å². The van der Waals surface area contributed by atoms with Crippen LogP contribution in [0.5, 0.6) is 0 Å². The van der Waals surface area contributed by atoms with Crippen LogP contribution in [0.2, 0.25) is 0 Å². The molecule has 1 aliphatic rings. The Morgan fingerprint density at radius 3 is 2.48 bits per heavy atom. The van der Waals surface area contributed by atoms with Crippen molar-refractivity contribution < 1.29 is 0 Å². The fourth-order valence-corrected chi connectivity index (χ4v) is 3.81. The fraction of sp³-hybridized carbons (Fsp3) is 0.522. The predicted molar refractivity (Wildman–Crippen MR) is 113 cm³/mol. The molecular formula is C23H34N4. The maximum Gasteiger partial charge on any atom is 0.0416 e. The van der Waals surface area contributed by atoms with Crippen molar-refractivity contribution in [3.8, 4) is 0 Å². The molecule has 1 aliphatic heterocycles. The van der Waals surface area contributed by atoms with Gasteiger partial charge in [-0.1, -0.05) is 23.8 Å². The first-order valence-corrected chi connectivity index (χ1v) is 10.1. The van der Waals surface area contributed by atoms with Gasteiger partial charge >= 0.3 is 0 Å². The Morgan fingerprint density at radius 2 is 1.78 bits per heavy atom. The van der Waals surface area contributed by atoms with Gasteiger partial charge in [0.15, 0.2) is 0 Å². The van der Waals surface area contributed by atoms with Gasteiger partial charge in [0.2, 0.25) is 0 Å². The number of likely N-dealkylation sites (N-methyl/N-ethyl adjacent to an activating group) is 2. The van der Waals surface area contributed by atoms with Crippen LogP contribution in [0, 0.1) is 13.8 Å². The second-order valence-corrected chi connectivity index (χ2v) is 8.10. The van der Waals surface area contributed by atoms with E-state index in [-0.39, 0.29) is 0 Å². The molecular weight excluding hydrogens is 332 g/mol. The van der Waals surface area contributed by atoms with E-state index in [9.17, 15) is 0 Å². The molecule has 4 nitrogen and oxygen atoms in total. The van der Waals surface area contributed by atoms with E-state index in [0.717, 1.165) is 26.1 Å². The van der Waals surface area contributed by atoms with Crippen molar-refractivity contribution in [1.82, 2.24) is 19.7 Å². The van der Waals surface area contributed by atoms with Crippen molar-refractivity contribution in [1.29, 1.82) is 0 Å². The average molecular weight is 367 g/mol. The first kappa shape index (κ1) is 20.0. The van der Waals surface area contributed by atoms with Crippen LogP contribution in [0.1, 0.15) is 27.9 Å². The molecule has 2 aromatic rings. The first-order valence-electron chi connectivity index (χ1n) is 10.1. The molecule has 0 unspecified atom stereocenters. The average Bonchev–Trinajstić information content (AvgIpc) is 2.66. The fourth-order valence-electron chi connectivity index (χ4n) is 3.81. The quantitative estimate of drug-likeness (QED) is 0.751. The standard InChI is InChI=1S/C23H34N4/c1-19-15-21(17-26(4)10-8-23-7-5-6-9-24-23)20(2)22(16-19)18-27-13-11-25(3)12-14-27/h5-7,9,15-16H,8,10-14,17-18H2,1-4H3. The summed E-state index contributed by atoms with van der Waals surface area (Å²) in [6, 6.07) is 10.9. The molecule has 1 aromatic heterocycles. The molecule has 146 valence electrons. The van der Waals surface area contributed by atoms with Crippen LogP contribution in [0.4, 0.5) is 0 Å². The Bertz CT molecular complexity index is 721. The topological polar surface area (TPSA) is 22.6 Å². The van der Waals surface area contributed by atoms with E-state index < -0.39 is 0 Å². The number of piperazine rings is 1. The number of aromatic nitrogens is 1. The van der Waals surface area contributed by atoms with Crippen LogP contribution >= 0.6 is 0 Å². The van der Waals surface area contributed by atoms with Gasteiger partial charge in [0.25, 0.3) is 0 Å². The number of pyridine rings is 1. The summed E-state index contributed by atoms with van der Waals surface area (Å²) < 4.78 is 0. The van der Waals surface area contributed by atoms with Gasteiger partial charge in [0.05, 0.1) is 0 Å². The lowest BCUT2D eigenvalue weighted by molar-refractivity contribution is 0.148. The minimum Gasteiger partial charge on any atom is -0.304 e. The zero-order valence-electron chi connectivity index (χ0n) is 17.4. The highest BCUT2D eigenvalue weighted by Crippen LogP contribution is 2.20. The third-order valence-corrected chi connectivity index (χ3v) is 5.67. The smallest absolute Gasteiger partial charge is 0.0416 e. The van der Waals surface area contributed by atoms with E-state index in [1.54, 1.807) is 0 Å². The van der Waals surface area contributed by atoms with Crippen LogP contribution in [0.15, 0.2) is 36.5 Å². The molecule has 27 heavy (non-hydrogen) atoms. The normalized spacial score (nSPS) is 16.2. The van der Waals surface area contributed by atoms with Gasteiger partial charge in [-0.15, -0.1) is 0 Å². The van der Waals surface area contributed by atoms with Gasteiger partial charge in [-0.25, -0.2) is 0 Å². The lowest BCUT2D eigenvalue weighted by atomic mass is 9.98. The number of hydrogen-bond acceptors (Lipinski definition) is 4. The van der Waals surface area contributed by atoms with Crippen molar-refractivity contribution in [2.24, 2.45) is 0 Å². The van der Waals surface area contributed by atoms with E-state index in [4.69, 9.17) is 0 Å². The SMILES string of the molecule is Cc1cc(CN(C)CCc2ccccn2)c(C)c(CN2CCN(C)CC2)c1. The van der Waals surface area contributed by atoms with Crippen molar-refractivity contribution in [3.63, 3.8) is 0 Å². The summed E-state index contributed by atoms with van der Waals surface area (Å²) in [5, 5.41) is 0. The third-order valence-electron chi connectivity index (χ3n) is 5.67. The second-order valence-electron chi connectivity index (χ2n) is 8.10. The molecule has 0 N–H and O–H groups in total. The highest BCUT2D eigenvalue weighted by Gasteiger charge is 2.16. The Kier molecular flexibility index (Phi) is 7.00. The number of rotatable bonds is 7. The van der Waals surface area contributed by atoms with Gasteiger partial charge in [-0.05, 0) is 56.8 Å². The van der Waals surface area contributed by atoms with E-state index >= 15 is 0 Å². The second kappa shape index (κ2) is 9.45. The molecule has 1 aromatic carbocycles. The third kappa shape index (κ3) is 5.86.